The second-order valence-electron chi connectivity index (χ2n) is 3.03. The molecule has 2 heterocycles. The third-order valence-electron chi connectivity index (χ3n) is 1.99. The quantitative estimate of drug-likeness (QED) is 0.777. The molecule has 2 aromatic rings. The summed E-state index contributed by atoms with van der Waals surface area (Å²) in [4.78, 5) is 10.4. The summed E-state index contributed by atoms with van der Waals surface area (Å²) in [5, 5.41) is 16.1. The van der Waals surface area contributed by atoms with Crippen molar-refractivity contribution in [1.29, 1.82) is 0 Å². The van der Waals surface area contributed by atoms with Gasteiger partial charge < -0.3 is 5.11 Å². The lowest BCUT2D eigenvalue weighted by Crippen LogP contribution is -1.97. The van der Waals surface area contributed by atoms with Gasteiger partial charge in [-0.2, -0.15) is 0 Å². The molecule has 72 valence electrons. The molecule has 1 N–H and O–H groups in total. The van der Waals surface area contributed by atoms with Crippen molar-refractivity contribution >= 4 is 11.6 Å². The highest BCUT2D eigenvalue weighted by molar-refractivity contribution is 5.67. The zero-order valence-corrected chi connectivity index (χ0v) is 7.42. The van der Waals surface area contributed by atoms with Gasteiger partial charge in [-0.25, -0.2) is 0 Å². The second kappa shape index (κ2) is 3.45. The number of pyridine rings is 1. The molecule has 0 aliphatic carbocycles. The van der Waals surface area contributed by atoms with Gasteiger partial charge in [0.25, 0.3) is 0 Å². The lowest BCUT2D eigenvalue weighted by molar-refractivity contribution is -0.136. The third-order valence-corrected chi connectivity index (χ3v) is 1.99. The Hall–Kier alpha value is -1.91. The van der Waals surface area contributed by atoms with Crippen molar-refractivity contribution in [2.45, 2.75) is 12.8 Å². The Kier molecular flexibility index (Phi) is 2.14. The molecule has 0 aromatic carbocycles. The first-order valence-corrected chi connectivity index (χ1v) is 4.26. The number of aromatic nitrogens is 3. The highest BCUT2D eigenvalue weighted by Gasteiger charge is 2.01. The Morgan fingerprint density at radius 1 is 1.57 bits per heavy atom. The minimum atomic E-state index is -0.786. The van der Waals surface area contributed by atoms with Crippen LogP contribution in [0.2, 0.25) is 0 Å². The Labute approximate surface area is 80.0 Å². The van der Waals surface area contributed by atoms with Crippen LogP contribution in [0.4, 0.5) is 0 Å². The summed E-state index contributed by atoms with van der Waals surface area (Å²) >= 11 is 0. The van der Waals surface area contributed by atoms with Gasteiger partial charge in [-0.1, -0.05) is 0 Å². The van der Waals surface area contributed by atoms with E-state index in [2.05, 4.69) is 10.2 Å². The van der Waals surface area contributed by atoms with E-state index in [0.29, 0.717) is 6.42 Å². The predicted molar refractivity (Wildman–Crippen MR) is 48.9 cm³/mol. The van der Waals surface area contributed by atoms with Crippen LogP contribution in [0.3, 0.4) is 0 Å². The van der Waals surface area contributed by atoms with Gasteiger partial charge in [0.2, 0.25) is 0 Å². The number of carbonyl (C=O) groups is 1. The van der Waals surface area contributed by atoms with Crippen LogP contribution in [0.5, 0.6) is 0 Å². The van der Waals surface area contributed by atoms with Crippen molar-refractivity contribution in [1.82, 2.24) is 14.6 Å². The smallest absolute Gasteiger partial charge is 0.303 e. The monoisotopic (exact) mass is 191 g/mol. The molecule has 2 aromatic heterocycles. The van der Waals surface area contributed by atoms with Crippen molar-refractivity contribution in [2.24, 2.45) is 0 Å². The molecule has 0 bridgehead atoms. The fourth-order valence-electron chi connectivity index (χ4n) is 1.27. The molecule has 0 fully saturated rings. The van der Waals surface area contributed by atoms with Crippen molar-refractivity contribution < 1.29 is 9.90 Å². The van der Waals surface area contributed by atoms with Gasteiger partial charge in [-0.05, 0) is 24.1 Å². The fourth-order valence-corrected chi connectivity index (χ4v) is 1.27. The molecule has 5 heteroatoms. The minimum absolute atomic E-state index is 0.143. The molecule has 0 spiro atoms. The van der Waals surface area contributed by atoms with Gasteiger partial charge in [0, 0.05) is 12.6 Å². The largest absolute Gasteiger partial charge is 0.481 e. The number of hydrogen-bond donors (Lipinski definition) is 1. The normalized spacial score (nSPS) is 10.6. The number of carboxylic acid groups (broad SMARTS) is 1. The Bertz CT molecular complexity index is 464. The maximum absolute atomic E-state index is 10.4. The molecule has 5 nitrogen and oxygen atoms in total. The van der Waals surface area contributed by atoms with E-state index in [4.69, 9.17) is 5.11 Å². The summed E-state index contributed by atoms with van der Waals surface area (Å²) in [5.74, 6) is -0.786. The van der Waals surface area contributed by atoms with Gasteiger partial charge >= 0.3 is 5.97 Å². The SMILES string of the molecule is O=C(O)CCc1ccn2cnnc2c1. The first-order valence-electron chi connectivity index (χ1n) is 4.26. The Morgan fingerprint density at radius 2 is 2.43 bits per heavy atom. The summed E-state index contributed by atoms with van der Waals surface area (Å²) < 4.78 is 1.78. The van der Waals surface area contributed by atoms with Crippen LogP contribution >= 0.6 is 0 Å². The highest BCUT2D eigenvalue weighted by atomic mass is 16.4. The second-order valence-corrected chi connectivity index (χ2v) is 3.03. The van der Waals surface area contributed by atoms with Crippen molar-refractivity contribution in [3.8, 4) is 0 Å². The van der Waals surface area contributed by atoms with Crippen molar-refractivity contribution in [3.63, 3.8) is 0 Å². The molecule has 0 unspecified atom stereocenters. The molecular weight excluding hydrogens is 182 g/mol. The molecule has 0 aliphatic rings. The van der Waals surface area contributed by atoms with Crippen LogP contribution < -0.4 is 0 Å². The molecule has 0 amide bonds. The Balaban J connectivity index is 2.21. The first kappa shape index (κ1) is 8.68. The van der Waals surface area contributed by atoms with Crippen LogP contribution in [0.15, 0.2) is 24.7 Å². The van der Waals surface area contributed by atoms with E-state index in [1.165, 1.54) is 0 Å². The van der Waals surface area contributed by atoms with Crippen LogP contribution in [0.1, 0.15) is 12.0 Å². The standard InChI is InChI=1S/C9H9N3O2/c13-9(14)2-1-7-3-4-12-6-10-11-8(12)5-7/h3-6H,1-2H2,(H,13,14). The summed E-state index contributed by atoms with van der Waals surface area (Å²) in [5.41, 5.74) is 1.71. The van der Waals surface area contributed by atoms with Crippen LogP contribution in [0, 0.1) is 0 Å². The lowest BCUT2D eigenvalue weighted by atomic mass is 10.1. The topological polar surface area (TPSA) is 67.5 Å². The fraction of sp³-hybridized carbons (Fsp3) is 0.222. The minimum Gasteiger partial charge on any atom is -0.481 e. The number of aryl methyl sites for hydroxylation is 1. The number of rotatable bonds is 3. The van der Waals surface area contributed by atoms with Crippen molar-refractivity contribution in [2.75, 3.05) is 0 Å². The number of aliphatic carboxylic acids is 1. The van der Waals surface area contributed by atoms with Gasteiger partial charge in [0.1, 0.15) is 6.33 Å². The summed E-state index contributed by atoms with van der Waals surface area (Å²) in [6.07, 6.45) is 4.10. The van der Waals surface area contributed by atoms with E-state index in [1.807, 2.05) is 18.3 Å². The molecule has 0 aliphatic heterocycles. The van der Waals surface area contributed by atoms with Gasteiger partial charge in [0.15, 0.2) is 5.65 Å². The molecule has 0 radical (unpaired) electrons. The number of nitrogens with zero attached hydrogens (tertiary/aromatic N) is 3. The van der Waals surface area contributed by atoms with Crippen LogP contribution in [0.25, 0.3) is 5.65 Å². The molecule has 0 saturated carbocycles. The summed E-state index contributed by atoms with van der Waals surface area (Å²) in [7, 11) is 0. The van der Waals surface area contributed by atoms with E-state index in [1.54, 1.807) is 10.7 Å². The average Bonchev–Trinajstić information content (AvgIpc) is 2.61. The maximum atomic E-state index is 10.4. The lowest BCUT2D eigenvalue weighted by Gasteiger charge is -1.98. The zero-order valence-electron chi connectivity index (χ0n) is 7.42. The molecule has 2 rings (SSSR count). The maximum Gasteiger partial charge on any atom is 0.303 e. The van der Waals surface area contributed by atoms with E-state index in [-0.39, 0.29) is 6.42 Å². The molecule has 14 heavy (non-hydrogen) atoms. The van der Waals surface area contributed by atoms with Gasteiger partial charge in [-0.3, -0.25) is 9.20 Å². The van der Waals surface area contributed by atoms with Crippen molar-refractivity contribution in [3.05, 3.63) is 30.2 Å². The number of carboxylic acids is 1. The summed E-state index contributed by atoms with van der Waals surface area (Å²) in [6, 6.07) is 3.72. The third kappa shape index (κ3) is 1.71. The molecule has 0 saturated heterocycles. The van der Waals surface area contributed by atoms with E-state index in [0.717, 1.165) is 11.2 Å². The number of hydrogen-bond acceptors (Lipinski definition) is 3. The molecular formula is C9H9N3O2. The van der Waals surface area contributed by atoms with E-state index in [9.17, 15) is 4.79 Å². The highest BCUT2D eigenvalue weighted by Crippen LogP contribution is 2.06. The predicted octanol–water partition coefficient (Wildman–Crippen LogP) is 0.746. The van der Waals surface area contributed by atoms with Gasteiger partial charge in [-0.15, -0.1) is 10.2 Å². The summed E-state index contributed by atoms with van der Waals surface area (Å²) in [6.45, 7) is 0. The van der Waals surface area contributed by atoms with Crippen LogP contribution in [-0.4, -0.2) is 25.7 Å². The van der Waals surface area contributed by atoms with Gasteiger partial charge in [0.05, 0.1) is 0 Å². The molecule has 0 atom stereocenters. The first-order chi connectivity index (χ1) is 6.75. The van der Waals surface area contributed by atoms with E-state index < -0.39 is 5.97 Å². The zero-order chi connectivity index (χ0) is 9.97. The average molecular weight is 191 g/mol. The Morgan fingerprint density at radius 3 is 3.21 bits per heavy atom. The van der Waals surface area contributed by atoms with E-state index >= 15 is 0 Å². The number of fused-ring (bicyclic) bond motifs is 1. The van der Waals surface area contributed by atoms with Crippen LogP contribution in [-0.2, 0) is 11.2 Å².